The molecule has 0 bridgehead atoms. The molecule has 3 aromatic rings. The molecule has 1 N–H and O–H groups in total. The van der Waals surface area contributed by atoms with E-state index in [-0.39, 0.29) is 15.5 Å². The minimum absolute atomic E-state index is 0.00998. The van der Waals surface area contributed by atoms with Crippen molar-refractivity contribution in [1.82, 2.24) is 4.57 Å². The predicted octanol–water partition coefficient (Wildman–Crippen LogP) is 3.20. The maximum Gasteiger partial charge on any atom is 0.419 e. The van der Waals surface area contributed by atoms with Crippen molar-refractivity contribution in [1.29, 1.82) is 0 Å². The highest BCUT2D eigenvalue weighted by Gasteiger charge is 2.21. The number of hydrogen-bond acceptors (Lipinski definition) is 4. The van der Waals surface area contributed by atoms with E-state index >= 15 is 0 Å². The first kappa shape index (κ1) is 16.6. The Balaban J connectivity index is 2.11. The van der Waals surface area contributed by atoms with Crippen molar-refractivity contribution in [3.05, 3.63) is 57.0 Å². The molecule has 8 heteroatoms. The number of aryl methyl sites for hydroxylation is 3. The molecule has 0 saturated heterocycles. The second kappa shape index (κ2) is 5.68. The molecule has 6 nitrogen and oxygen atoms in total. The quantitative estimate of drug-likeness (QED) is 0.771. The van der Waals surface area contributed by atoms with E-state index in [0.29, 0.717) is 11.2 Å². The molecule has 0 atom stereocenters. The smallest absolute Gasteiger partial charge is 0.408 e. The summed E-state index contributed by atoms with van der Waals surface area (Å²) in [6.07, 6.45) is 0. The van der Waals surface area contributed by atoms with E-state index in [1.54, 1.807) is 12.1 Å². The average Bonchev–Trinajstić information content (AvgIpc) is 2.71. The van der Waals surface area contributed by atoms with Crippen LogP contribution in [0.2, 0.25) is 5.02 Å². The fourth-order valence-electron chi connectivity index (χ4n) is 2.58. The van der Waals surface area contributed by atoms with Crippen molar-refractivity contribution in [3.63, 3.8) is 0 Å². The minimum atomic E-state index is -3.93. The van der Waals surface area contributed by atoms with Crippen molar-refractivity contribution in [3.8, 4) is 0 Å². The number of halogens is 1. The van der Waals surface area contributed by atoms with E-state index in [1.807, 2.05) is 19.9 Å². The summed E-state index contributed by atoms with van der Waals surface area (Å²) in [6, 6.07) is 8.04. The van der Waals surface area contributed by atoms with Gasteiger partial charge in [-0.25, -0.2) is 13.2 Å². The monoisotopic (exact) mass is 366 g/mol. The number of anilines is 1. The van der Waals surface area contributed by atoms with Crippen LogP contribution in [0.3, 0.4) is 0 Å². The Morgan fingerprint density at radius 1 is 1.08 bits per heavy atom. The maximum atomic E-state index is 12.7. The van der Waals surface area contributed by atoms with E-state index in [0.717, 1.165) is 11.1 Å². The van der Waals surface area contributed by atoms with Crippen LogP contribution in [0.4, 0.5) is 5.69 Å². The summed E-state index contributed by atoms with van der Waals surface area (Å²) in [7, 11) is -2.41. The lowest BCUT2D eigenvalue weighted by atomic mass is 10.1. The molecule has 0 fully saturated rings. The Labute approximate surface area is 143 Å². The first-order valence-electron chi connectivity index (χ1n) is 7.07. The van der Waals surface area contributed by atoms with E-state index < -0.39 is 15.8 Å². The largest absolute Gasteiger partial charge is 0.419 e. The highest BCUT2D eigenvalue weighted by Crippen LogP contribution is 2.29. The fraction of sp³-hybridized carbons (Fsp3) is 0.188. The van der Waals surface area contributed by atoms with Crippen LogP contribution in [0, 0.1) is 13.8 Å². The molecular formula is C16H15ClN2O4S. The van der Waals surface area contributed by atoms with Crippen molar-refractivity contribution in [2.24, 2.45) is 7.05 Å². The summed E-state index contributed by atoms with van der Waals surface area (Å²) in [5, 5.41) is 0.00998. The van der Waals surface area contributed by atoms with Crippen LogP contribution in [-0.2, 0) is 17.1 Å². The van der Waals surface area contributed by atoms with Crippen molar-refractivity contribution >= 4 is 38.4 Å². The van der Waals surface area contributed by atoms with Gasteiger partial charge >= 0.3 is 5.76 Å². The van der Waals surface area contributed by atoms with Gasteiger partial charge in [0, 0.05) is 18.8 Å². The number of nitrogens with one attached hydrogen (secondary N) is 1. The molecule has 0 saturated carbocycles. The zero-order valence-electron chi connectivity index (χ0n) is 13.3. The second-order valence-electron chi connectivity index (χ2n) is 5.66. The predicted molar refractivity (Wildman–Crippen MR) is 93.2 cm³/mol. The van der Waals surface area contributed by atoms with Gasteiger partial charge in [-0.05, 0) is 43.2 Å². The Morgan fingerprint density at radius 2 is 1.71 bits per heavy atom. The zero-order chi connectivity index (χ0) is 17.6. The van der Waals surface area contributed by atoms with E-state index in [4.69, 9.17) is 16.0 Å². The molecule has 3 rings (SSSR count). The molecule has 24 heavy (non-hydrogen) atoms. The number of aromatic nitrogens is 1. The van der Waals surface area contributed by atoms with Crippen molar-refractivity contribution in [2.45, 2.75) is 18.7 Å². The van der Waals surface area contributed by atoms with Gasteiger partial charge < -0.3 is 4.42 Å². The van der Waals surface area contributed by atoms with Gasteiger partial charge in [-0.2, -0.15) is 0 Å². The summed E-state index contributed by atoms with van der Waals surface area (Å²) in [4.78, 5) is 11.4. The normalized spacial score (nSPS) is 11.8. The molecule has 1 heterocycles. The van der Waals surface area contributed by atoms with E-state index in [1.165, 1.54) is 23.7 Å². The Bertz CT molecular complexity index is 1090. The van der Waals surface area contributed by atoms with Gasteiger partial charge in [0.05, 0.1) is 10.5 Å². The third kappa shape index (κ3) is 2.92. The zero-order valence-corrected chi connectivity index (χ0v) is 14.8. The van der Waals surface area contributed by atoms with Crippen LogP contribution in [0.5, 0.6) is 0 Å². The van der Waals surface area contributed by atoms with E-state index in [9.17, 15) is 13.2 Å². The first-order chi connectivity index (χ1) is 11.2. The highest BCUT2D eigenvalue weighted by molar-refractivity contribution is 7.92. The Hall–Kier alpha value is -2.25. The summed E-state index contributed by atoms with van der Waals surface area (Å²) in [5.74, 6) is -0.585. The maximum absolute atomic E-state index is 12.7. The van der Waals surface area contributed by atoms with Crippen LogP contribution < -0.4 is 10.5 Å². The number of hydrogen-bond donors (Lipinski definition) is 1. The summed E-state index contributed by atoms with van der Waals surface area (Å²) in [5.41, 5.74) is 2.90. The average molecular weight is 367 g/mol. The Morgan fingerprint density at radius 3 is 2.33 bits per heavy atom. The molecule has 0 aliphatic rings. The molecule has 126 valence electrons. The van der Waals surface area contributed by atoms with Gasteiger partial charge in [0.15, 0.2) is 5.58 Å². The minimum Gasteiger partial charge on any atom is -0.408 e. The van der Waals surface area contributed by atoms with Gasteiger partial charge in [-0.1, -0.05) is 17.7 Å². The number of fused-ring (bicyclic) bond motifs is 1. The number of sulfonamides is 1. The van der Waals surface area contributed by atoms with Crippen LogP contribution in [0.1, 0.15) is 11.1 Å². The lowest BCUT2D eigenvalue weighted by Crippen LogP contribution is -2.14. The van der Waals surface area contributed by atoms with Crippen LogP contribution in [-0.4, -0.2) is 13.0 Å². The molecule has 0 radical (unpaired) electrons. The lowest BCUT2D eigenvalue weighted by Gasteiger charge is -2.11. The summed E-state index contributed by atoms with van der Waals surface area (Å²) < 4.78 is 34.1. The molecular weight excluding hydrogens is 352 g/mol. The molecule has 0 unspecified atom stereocenters. The second-order valence-corrected chi connectivity index (χ2v) is 7.72. The number of benzene rings is 2. The number of oxazole rings is 1. The number of rotatable bonds is 3. The SMILES string of the molecule is Cc1cc(C)cc(NS(=O)(=O)c2cc3oc(=O)n(C)c3cc2Cl)c1. The fourth-order valence-corrected chi connectivity index (χ4v) is 4.16. The summed E-state index contributed by atoms with van der Waals surface area (Å²) >= 11 is 6.12. The summed E-state index contributed by atoms with van der Waals surface area (Å²) in [6.45, 7) is 3.75. The van der Waals surface area contributed by atoms with Gasteiger partial charge in [-0.15, -0.1) is 0 Å². The van der Waals surface area contributed by atoms with Gasteiger partial charge in [0.1, 0.15) is 4.90 Å². The molecule has 0 aliphatic heterocycles. The third-order valence-corrected chi connectivity index (χ3v) is 5.46. The Kier molecular flexibility index (Phi) is 3.93. The standard InChI is InChI=1S/C16H15ClN2O4S/c1-9-4-10(2)6-11(5-9)18-24(21,22)15-8-14-13(7-12(15)17)19(3)16(20)23-14/h4-8,18H,1-3H3. The molecule has 1 aromatic heterocycles. The molecule has 0 amide bonds. The number of nitrogens with zero attached hydrogens (tertiary/aromatic N) is 1. The lowest BCUT2D eigenvalue weighted by molar-refractivity contribution is 0.527. The topological polar surface area (TPSA) is 81.3 Å². The molecule has 2 aromatic carbocycles. The van der Waals surface area contributed by atoms with Crippen LogP contribution >= 0.6 is 11.6 Å². The third-order valence-electron chi connectivity index (χ3n) is 3.61. The van der Waals surface area contributed by atoms with Gasteiger partial charge in [0.25, 0.3) is 10.0 Å². The van der Waals surface area contributed by atoms with E-state index in [2.05, 4.69) is 4.72 Å². The van der Waals surface area contributed by atoms with Gasteiger partial charge in [0.2, 0.25) is 0 Å². The van der Waals surface area contributed by atoms with Crippen LogP contribution in [0.15, 0.2) is 44.4 Å². The highest BCUT2D eigenvalue weighted by atomic mass is 35.5. The first-order valence-corrected chi connectivity index (χ1v) is 8.94. The van der Waals surface area contributed by atoms with Crippen LogP contribution in [0.25, 0.3) is 11.1 Å². The van der Waals surface area contributed by atoms with Crippen molar-refractivity contribution in [2.75, 3.05) is 4.72 Å². The van der Waals surface area contributed by atoms with Gasteiger partial charge in [-0.3, -0.25) is 9.29 Å². The molecule has 0 spiro atoms. The molecule has 0 aliphatic carbocycles. The van der Waals surface area contributed by atoms with Crippen molar-refractivity contribution < 1.29 is 12.8 Å².